The molecule has 5 nitrogen and oxygen atoms in total. The van der Waals surface area contributed by atoms with E-state index in [1.54, 1.807) is 36.4 Å². The topological polar surface area (TPSA) is 63.8 Å². The zero-order valence-electron chi connectivity index (χ0n) is 15.9. The molecule has 3 aromatic rings. The standard InChI is InChI=1S/C22H20Cl2N2O3/c1-13-4-5-16(24)11-19(13)26-22-18(21(27)25-12-17-3-2-8-28-17)10-14-9-15(23)6-7-20(14)29-22/h4-7,9-11,17H,2-3,8,12H2,1H3,(H,25,27)/t17-/m1/s1. The van der Waals surface area contributed by atoms with Gasteiger partial charge in [0.05, 0.1) is 11.8 Å². The summed E-state index contributed by atoms with van der Waals surface area (Å²) in [4.78, 5) is 17.5. The molecule has 7 heteroatoms. The molecule has 0 bridgehead atoms. The van der Waals surface area contributed by atoms with Gasteiger partial charge in [-0.2, -0.15) is 0 Å². The molecular weight excluding hydrogens is 411 g/mol. The normalized spacial score (nSPS) is 17.1. The minimum atomic E-state index is -0.274. The summed E-state index contributed by atoms with van der Waals surface area (Å²) in [5, 5.41) is 4.78. The summed E-state index contributed by atoms with van der Waals surface area (Å²) in [6.45, 7) is 3.11. The Morgan fingerprint density at radius 1 is 1.17 bits per heavy atom. The number of aryl methyl sites for hydroxylation is 1. The zero-order chi connectivity index (χ0) is 20.4. The van der Waals surface area contributed by atoms with Crippen molar-refractivity contribution in [1.29, 1.82) is 0 Å². The molecule has 1 amide bonds. The highest BCUT2D eigenvalue weighted by molar-refractivity contribution is 6.31. The van der Waals surface area contributed by atoms with Crippen LogP contribution in [0.1, 0.15) is 28.8 Å². The minimum Gasteiger partial charge on any atom is -0.438 e. The average molecular weight is 431 g/mol. The lowest BCUT2D eigenvalue weighted by molar-refractivity contribution is 0.0854. The first kappa shape index (κ1) is 20.0. The summed E-state index contributed by atoms with van der Waals surface area (Å²) in [6.07, 6.45) is 2.00. The summed E-state index contributed by atoms with van der Waals surface area (Å²) in [6, 6.07) is 12.4. The molecule has 1 atom stereocenters. The number of nitrogens with zero attached hydrogens (tertiary/aromatic N) is 1. The fourth-order valence-corrected chi connectivity index (χ4v) is 3.61. The van der Waals surface area contributed by atoms with Gasteiger partial charge in [0.2, 0.25) is 5.55 Å². The van der Waals surface area contributed by atoms with Crippen molar-refractivity contribution in [2.45, 2.75) is 25.9 Å². The van der Waals surface area contributed by atoms with Gasteiger partial charge in [0.25, 0.3) is 5.91 Å². The second-order valence-corrected chi connectivity index (χ2v) is 7.91. The number of carbonyl (C=O) groups excluding carboxylic acids is 1. The van der Waals surface area contributed by atoms with E-state index in [9.17, 15) is 4.79 Å². The predicted molar refractivity (Wildman–Crippen MR) is 114 cm³/mol. The van der Waals surface area contributed by atoms with Gasteiger partial charge in [-0.25, -0.2) is 4.99 Å². The maximum Gasteiger partial charge on any atom is 0.256 e. The van der Waals surface area contributed by atoms with Crippen molar-refractivity contribution in [3.63, 3.8) is 0 Å². The molecule has 0 radical (unpaired) electrons. The van der Waals surface area contributed by atoms with Crippen molar-refractivity contribution in [2.75, 3.05) is 13.2 Å². The van der Waals surface area contributed by atoms with E-state index in [0.29, 0.717) is 33.4 Å². The van der Waals surface area contributed by atoms with E-state index < -0.39 is 0 Å². The van der Waals surface area contributed by atoms with Crippen molar-refractivity contribution >= 4 is 45.8 Å². The smallest absolute Gasteiger partial charge is 0.256 e. The van der Waals surface area contributed by atoms with E-state index in [1.807, 2.05) is 13.0 Å². The number of ether oxygens (including phenoxy) is 1. The van der Waals surface area contributed by atoms with E-state index in [2.05, 4.69) is 10.3 Å². The molecule has 0 unspecified atom stereocenters. The van der Waals surface area contributed by atoms with Crippen LogP contribution in [0.5, 0.6) is 0 Å². The van der Waals surface area contributed by atoms with Crippen LogP contribution in [0.15, 0.2) is 51.9 Å². The number of amides is 1. The molecule has 0 saturated carbocycles. The Bertz CT molecular complexity index is 1130. The molecule has 2 aromatic carbocycles. The van der Waals surface area contributed by atoms with Gasteiger partial charge in [-0.1, -0.05) is 29.3 Å². The molecule has 1 fully saturated rings. The van der Waals surface area contributed by atoms with Gasteiger partial charge in [-0.05, 0) is 61.7 Å². The molecule has 0 aliphatic carbocycles. The van der Waals surface area contributed by atoms with E-state index in [-0.39, 0.29) is 17.6 Å². The fourth-order valence-electron chi connectivity index (χ4n) is 3.27. The van der Waals surface area contributed by atoms with E-state index in [1.165, 1.54) is 0 Å². The number of rotatable bonds is 4. The number of fused-ring (bicyclic) bond motifs is 1. The second kappa shape index (κ2) is 8.57. The van der Waals surface area contributed by atoms with Crippen molar-refractivity contribution in [3.8, 4) is 0 Å². The van der Waals surface area contributed by atoms with Gasteiger partial charge in [0.15, 0.2) is 0 Å². The molecular formula is C22H20Cl2N2O3. The Balaban J connectivity index is 1.79. The summed E-state index contributed by atoms with van der Waals surface area (Å²) in [5.41, 5.74) is 2.70. The van der Waals surface area contributed by atoms with E-state index in [0.717, 1.165) is 30.4 Å². The van der Waals surface area contributed by atoms with Gasteiger partial charge in [0.1, 0.15) is 11.1 Å². The van der Waals surface area contributed by atoms with E-state index in [4.69, 9.17) is 32.4 Å². The lowest BCUT2D eigenvalue weighted by atomic mass is 10.1. The third-order valence-corrected chi connectivity index (χ3v) is 5.33. The maximum absolute atomic E-state index is 12.9. The Kier molecular flexibility index (Phi) is 5.90. The second-order valence-electron chi connectivity index (χ2n) is 7.04. The van der Waals surface area contributed by atoms with Crippen LogP contribution < -0.4 is 10.9 Å². The quantitative estimate of drug-likeness (QED) is 0.619. The maximum atomic E-state index is 12.9. The summed E-state index contributed by atoms with van der Waals surface area (Å²) >= 11 is 12.2. The van der Waals surface area contributed by atoms with Gasteiger partial charge in [-0.3, -0.25) is 4.79 Å². The number of hydrogen-bond donors (Lipinski definition) is 1. The highest BCUT2D eigenvalue weighted by atomic mass is 35.5. The fraction of sp³-hybridized carbons (Fsp3) is 0.273. The molecule has 0 spiro atoms. The van der Waals surface area contributed by atoms with Crippen LogP contribution in [-0.2, 0) is 4.74 Å². The average Bonchev–Trinajstić information content (AvgIpc) is 3.22. The molecule has 1 aliphatic heterocycles. The molecule has 1 aliphatic rings. The summed E-state index contributed by atoms with van der Waals surface area (Å²) in [7, 11) is 0. The first-order valence-corrected chi connectivity index (χ1v) is 10.2. The van der Waals surface area contributed by atoms with Crippen LogP contribution in [0, 0.1) is 6.92 Å². The Morgan fingerprint density at radius 3 is 2.76 bits per heavy atom. The van der Waals surface area contributed by atoms with Crippen molar-refractivity contribution in [1.82, 2.24) is 5.32 Å². The predicted octanol–water partition coefficient (Wildman–Crippen LogP) is 5.19. The third kappa shape index (κ3) is 4.64. The SMILES string of the molecule is Cc1ccc(Cl)cc1N=c1oc2ccc(Cl)cc2cc1C(=O)NC[C@H]1CCCO1. The summed E-state index contributed by atoms with van der Waals surface area (Å²) in [5.74, 6) is -0.274. The van der Waals surface area contributed by atoms with Crippen LogP contribution in [-0.4, -0.2) is 25.2 Å². The lowest BCUT2D eigenvalue weighted by Crippen LogP contribution is -2.34. The van der Waals surface area contributed by atoms with Crippen LogP contribution in [0.2, 0.25) is 10.0 Å². The van der Waals surface area contributed by atoms with Crippen LogP contribution in [0.3, 0.4) is 0 Å². The Hall–Kier alpha value is -2.34. The molecule has 1 aromatic heterocycles. The molecule has 1 N–H and O–H groups in total. The van der Waals surface area contributed by atoms with Crippen molar-refractivity contribution in [3.05, 3.63) is 69.2 Å². The van der Waals surface area contributed by atoms with Gasteiger partial charge in [-0.15, -0.1) is 0 Å². The van der Waals surface area contributed by atoms with Gasteiger partial charge >= 0.3 is 0 Å². The van der Waals surface area contributed by atoms with Crippen molar-refractivity contribution < 1.29 is 13.9 Å². The number of benzene rings is 2. The van der Waals surface area contributed by atoms with E-state index >= 15 is 0 Å². The van der Waals surface area contributed by atoms with Crippen LogP contribution in [0.25, 0.3) is 11.0 Å². The highest BCUT2D eigenvalue weighted by Crippen LogP contribution is 2.24. The summed E-state index contributed by atoms with van der Waals surface area (Å²) < 4.78 is 11.6. The molecule has 2 heterocycles. The first-order chi connectivity index (χ1) is 14.0. The Labute approximate surface area is 178 Å². The lowest BCUT2D eigenvalue weighted by Gasteiger charge is -2.11. The van der Waals surface area contributed by atoms with Gasteiger partial charge in [0, 0.05) is 28.6 Å². The molecule has 29 heavy (non-hydrogen) atoms. The molecule has 4 rings (SSSR count). The Morgan fingerprint density at radius 2 is 1.97 bits per heavy atom. The highest BCUT2D eigenvalue weighted by Gasteiger charge is 2.18. The van der Waals surface area contributed by atoms with Gasteiger partial charge < -0.3 is 14.5 Å². The van der Waals surface area contributed by atoms with Crippen LogP contribution >= 0.6 is 23.2 Å². The number of halogens is 2. The molecule has 150 valence electrons. The van der Waals surface area contributed by atoms with Crippen molar-refractivity contribution in [2.24, 2.45) is 4.99 Å². The largest absolute Gasteiger partial charge is 0.438 e. The molecule has 1 saturated heterocycles. The minimum absolute atomic E-state index is 0.0429. The number of carbonyl (C=O) groups is 1. The number of hydrogen-bond acceptors (Lipinski definition) is 4. The van der Waals surface area contributed by atoms with Crippen LogP contribution in [0.4, 0.5) is 5.69 Å². The number of nitrogens with one attached hydrogen (secondary N) is 1. The first-order valence-electron chi connectivity index (χ1n) is 9.44. The third-order valence-electron chi connectivity index (χ3n) is 4.86. The zero-order valence-corrected chi connectivity index (χ0v) is 17.4. The monoisotopic (exact) mass is 430 g/mol.